The summed E-state index contributed by atoms with van der Waals surface area (Å²) in [4.78, 5) is 17.4. The van der Waals surface area contributed by atoms with Crippen molar-refractivity contribution in [1.29, 1.82) is 0 Å². The maximum absolute atomic E-state index is 11.6. The molecule has 170 valence electrons. The molecule has 1 atom stereocenters. The highest BCUT2D eigenvalue weighted by Gasteiger charge is 2.07. The normalized spacial score (nSPS) is 12.2. The second-order valence-electron chi connectivity index (χ2n) is 7.91. The van der Waals surface area contributed by atoms with Gasteiger partial charge in [-0.2, -0.15) is 0 Å². The van der Waals surface area contributed by atoms with Crippen molar-refractivity contribution in [2.45, 2.75) is 103 Å². The first-order chi connectivity index (χ1) is 14.8. The van der Waals surface area contributed by atoms with Crippen LogP contribution in [0.4, 0.5) is 5.69 Å². The lowest BCUT2D eigenvalue weighted by atomic mass is 10.0. The molecule has 4 heteroatoms. The highest BCUT2D eigenvalue weighted by Crippen LogP contribution is 2.15. The van der Waals surface area contributed by atoms with Gasteiger partial charge in [0.05, 0.1) is 12.3 Å². The minimum absolute atomic E-state index is 0.155. The number of ether oxygens (including phenoxy) is 1. The molecule has 0 fully saturated rings. The lowest BCUT2D eigenvalue weighted by molar-refractivity contribution is -0.137. The van der Waals surface area contributed by atoms with Crippen molar-refractivity contribution >= 4 is 11.7 Å². The van der Waals surface area contributed by atoms with Crippen LogP contribution in [0.2, 0.25) is 0 Å². The Morgan fingerprint density at radius 3 is 2.00 bits per heavy atom. The number of anilines is 1. The zero-order valence-corrected chi connectivity index (χ0v) is 19.2. The predicted octanol–water partition coefficient (Wildman–Crippen LogP) is 7.61. The van der Waals surface area contributed by atoms with E-state index < -0.39 is 0 Å². The molecule has 0 bridgehead atoms. The van der Waals surface area contributed by atoms with Gasteiger partial charge in [0.1, 0.15) is 6.10 Å². The number of hydrogen-bond donors (Lipinski definition) is 1. The zero-order chi connectivity index (χ0) is 21.7. The van der Waals surface area contributed by atoms with Gasteiger partial charge in [0, 0.05) is 6.08 Å². The summed E-state index contributed by atoms with van der Waals surface area (Å²) >= 11 is 0. The third-order valence-electron chi connectivity index (χ3n) is 5.18. The molecule has 30 heavy (non-hydrogen) atoms. The molecule has 1 rings (SSSR count). The molecule has 1 aromatic carbocycles. The number of carbonyl (C=O) groups excluding carboxylic acids is 1. The average Bonchev–Trinajstić information content (AvgIpc) is 2.76. The average molecular weight is 418 g/mol. The number of carbonyl (C=O) groups is 1. The van der Waals surface area contributed by atoms with Crippen LogP contribution in [0.15, 0.2) is 42.5 Å². The Bertz CT molecular complexity index is 544. The second-order valence-corrected chi connectivity index (χ2v) is 7.91. The fourth-order valence-corrected chi connectivity index (χ4v) is 3.41. The third kappa shape index (κ3) is 15.1. The number of benzene rings is 1. The van der Waals surface area contributed by atoms with Gasteiger partial charge in [-0.25, -0.2) is 4.79 Å². The lowest BCUT2D eigenvalue weighted by Gasteiger charge is -2.15. The Morgan fingerprint density at radius 1 is 0.867 bits per heavy atom. The Balaban J connectivity index is 2.18. The fraction of sp³-hybridized carbons (Fsp3) is 0.654. The SMILES string of the molecule is CCCCCCCCCCCCCC[C@@H](/C=C/C(=O)OCC)ONc1ccccc1. The first-order valence-electron chi connectivity index (χ1n) is 12.1. The topological polar surface area (TPSA) is 47.6 Å². The molecule has 0 aliphatic carbocycles. The molecule has 0 saturated heterocycles. The molecule has 0 aliphatic rings. The van der Waals surface area contributed by atoms with Gasteiger partial charge >= 0.3 is 5.97 Å². The second kappa shape index (κ2) is 19.2. The minimum Gasteiger partial charge on any atom is -0.463 e. The molecule has 0 unspecified atom stereocenters. The van der Waals surface area contributed by atoms with E-state index in [0.29, 0.717) is 6.61 Å². The van der Waals surface area contributed by atoms with Crippen LogP contribution < -0.4 is 5.48 Å². The highest BCUT2D eigenvalue weighted by molar-refractivity contribution is 5.81. The van der Waals surface area contributed by atoms with E-state index in [1.54, 1.807) is 6.08 Å². The number of nitrogens with one attached hydrogen (secondary N) is 1. The smallest absolute Gasteiger partial charge is 0.330 e. The first-order valence-corrected chi connectivity index (χ1v) is 12.1. The lowest BCUT2D eigenvalue weighted by Crippen LogP contribution is -2.15. The van der Waals surface area contributed by atoms with E-state index in [0.717, 1.165) is 18.5 Å². The molecule has 0 amide bonds. The molecular weight excluding hydrogens is 374 g/mol. The molecule has 0 spiro atoms. The summed E-state index contributed by atoms with van der Waals surface area (Å²) in [7, 11) is 0. The highest BCUT2D eigenvalue weighted by atomic mass is 16.7. The van der Waals surface area contributed by atoms with Gasteiger partial charge in [-0.15, -0.1) is 0 Å². The van der Waals surface area contributed by atoms with E-state index in [1.165, 1.54) is 76.7 Å². The summed E-state index contributed by atoms with van der Waals surface area (Å²) in [5.74, 6) is -0.319. The van der Waals surface area contributed by atoms with E-state index in [1.807, 2.05) is 37.3 Å². The number of hydrogen-bond acceptors (Lipinski definition) is 4. The maximum atomic E-state index is 11.6. The molecular formula is C26H43NO3. The standard InChI is InChI=1S/C26H43NO3/c1-3-5-6-7-8-9-10-11-12-13-14-18-21-25(22-23-26(28)29-4-2)30-27-24-19-16-15-17-20-24/h15-17,19-20,22-23,25,27H,3-14,18,21H2,1-2H3/b23-22+/t25-/m0/s1. The van der Waals surface area contributed by atoms with Gasteiger partial charge < -0.3 is 4.74 Å². The van der Waals surface area contributed by atoms with Crippen LogP contribution in [-0.4, -0.2) is 18.7 Å². The van der Waals surface area contributed by atoms with Crippen LogP contribution in [0.25, 0.3) is 0 Å². The number of para-hydroxylation sites is 1. The van der Waals surface area contributed by atoms with E-state index >= 15 is 0 Å². The first kappa shape index (κ1) is 26.2. The van der Waals surface area contributed by atoms with Gasteiger partial charge in [-0.3, -0.25) is 10.3 Å². The predicted molar refractivity (Wildman–Crippen MR) is 126 cm³/mol. The van der Waals surface area contributed by atoms with Gasteiger partial charge in [-0.05, 0) is 31.6 Å². The Hall–Kier alpha value is -1.81. The number of rotatable bonds is 19. The maximum Gasteiger partial charge on any atom is 0.330 e. The summed E-state index contributed by atoms with van der Waals surface area (Å²) in [5.41, 5.74) is 3.89. The molecule has 0 aromatic heterocycles. The van der Waals surface area contributed by atoms with E-state index in [4.69, 9.17) is 9.57 Å². The molecule has 1 aromatic rings. The van der Waals surface area contributed by atoms with E-state index in [-0.39, 0.29) is 12.1 Å². The van der Waals surface area contributed by atoms with Crippen molar-refractivity contribution in [3.8, 4) is 0 Å². The molecule has 0 saturated carbocycles. The van der Waals surface area contributed by atoms with Crippen molar-refractivity contribution < 1.29 is 14.4 Å². The Labute approximate surface area is 184 Å². The van der Waals surface area contributed by atoms with Crippen LogP contribution in [0.5, 0.6) is 0 Å². The van der Waals surface area contributed by atoms with Gasteiger partial charge in [0.25, 0.3) is 0 Å². The quantitative estimate of drug-likeness (QED) is 0.109. The monoisotopic (exact) mass is 417 g/mol. The summed E-state index contributed by atoms with van der Waals surface area (Å²) in [6.07, 6.45) is 19.9. The number of unbranched alkanes of at least 4 members (excludes halogenated alkanes) is 11. The van der Waals surface area contributed by atoms with E-state index in [2.05, 4.69) is 12.4 Å². The molecule has 1 N–H and O–H groups in total. The van der Waals surface area contributed by atoms with Gasteiger partial charge in [-0.1, -0.05) is 102 Å². The van der Waals surface area contributed by atoms with Gasteiger partial charge in [0.2, 0.25) is 0 Å². The van der Waals surface area contributed by atoms with Crippen LogP contribution in [-0.2, 0) is 14.4 Å². The molecule has 0 aliphatic heterocycles. The van der Waals surface area contributed by atoms with E-state index in [9.17, 15) is 4.79 Å². The van der Waals surface area contributed by atoms with Crippen molar-refractivity contribution in [1.82, 2.24) is 0 Å². The largest absolute Gasteiger partial charge is 0.463 e. The van der Waals surface area contributed by atoms with Crippen LogP contribution in [0, 0.1) is 0 Å². The third-order valence-corrected chi connectivity index (χ3v) is 5.18. The zero-order valence-electron chi connectivity index (χ0n) is 19.2. The van der Waals surface area contributed by atoms with Crippen molar-refractivity contribution in [2.24, 2.45) is 0 Å². The summed E-state index contributed by atoms with van der Waals surface area (Å²) in [6.45, 7) is 4.46. The fourth-order valence-electron chi connectivity index (χ4n) is 3.41. The summed E-state index contributed by atoms with van der Waals surface area (Å²) < 4.78 is 4.97. The Kier molecular flexibility index (Phi) is 16.8. The van der Waals surface area contributed by atoms with Crippen LogP contribution in [0.1, 0.15) is 97.3 Å². The van der Waals surface area contributed by atoms with Crippen LogP contribution >= 0.6 is 0 Å². The number of esters is 1. The Morgan fingerprint density at radius 2 is 1.43 bits per heavy atom. The summed E-state index contributed by atoms with van der Waals surface area (Å²) in [6, 6.07) is 9.79. The van der Waals surface area contributed by atoms with Crippen molar-refractivity contribution in [3.63, 3.8) is 0 Å². The van der Waals surface area contributed by atoms with Crippen LogP contribution in [0.3, 0.4) is 0 Å². The van der Waals surface area contributed by atoms with Gasteiger partial charge in [0.15, 0.2) is 0 Å². The molecule has 0 radical (unpaired) electrons. The van der Waals surface area contributed by atoms with Crippen molar-refractivity contribution in [2.75, 3.05) is 12.1 Å². The summed E-state index contributed by atoms with van der Waals surface area (Å²) in [5, 5.41) is 0. The molecule has 0 heterocycles. The minimum atomic E-state index is -0.319. The van der Waals surface area contributed by atoms with Crippen molar-refractivity contribution in [3.05, 3.63) is 42.5 Å². The molecule has 4 nitrogen and oxygen atoms in total.